The first-order chi connectivity index (χ1) is 24.2. The maximum absolute atomic E-state index is 10.2. The van der Waals surface area contributed by atoms with Gasteiger partial charge in [-0.15, -0.1) is 0 Å². The lowest BCUT2D eigenvalue weighted by molar-refractivity contribution is 0.934. The zero-order chi connectivity index (χ0) is 32.9. The van der Waals surface area contributed by atoms with Crippen molar-refractivity contribution in [3.63, 3.8) is 0 Å². The summed E-state index contributed by atoms with van der Waals surface area (Å²) in [5.74, 6) is 0. The topological polar surface area (TPSA) is 57.4 Å². The Labute approximate surface area is 285 Å². The summed E-state index contributed by atoms with van der Waals surface area (Å²) >= 11 is 0. The molecule has 7 aromatic rings. The number of allylic oxidation sites excluding steroid dienone is 4. The van der Waals surface area contributed by atoms with Crippen molar-refractivity contribution in [3.05, 3.63) is 167 Å². The molecule has 0 N–H and O–H groups in total. The third kappa shape index (κ3) is 4.58. The van der Waals surface area contributed by atoms with E-state index in [2.05, 4.69) is 155 Å². The maximum atomic E-state index is 10.2. The molecule has 0 saturated heterocycles. The van der Waals surface area contributed by atoms with Crippen LogP contribution in [0.15, 0.2) is 139 Å². The van der Waals surface area contributed by atoms with E-state index in [1.54, 1.807) is 0 Å². The van der Waals surface area contributed by atoms with Crippen LogP contribution in [0.3, 0.4) is 0 Å². The molecule has 9 rings (SSSR count). The van der Waals surface area contributed by atoms with Gasteiger partial charge in [0.15, 0.2) is 0 Å². The largest absolute Gasteiger partial charge is 0.312 e. The third-order valence-electron chi connectivity index (χ3n) is 9.94. The van der Waals surface area contributed by atoms with Gasteiger partial charge in [0.2, 0.25) is 0 Å². The van der Waals surface area contributed by atoms with Gasteiger partial charge in [0.1, 0.15) is 0 Å². The highest BCUT2D eigenvalue weighted by molar-refractivity contribution is 6.09. The summed E-state index contributed by atoms with van der Waals surface area (Å²) in [7, 11) is 0. The van der Waals surface area contributed by atoms with Crippen LogP contribution >= 0.6 is 0 Å². The molecule has 2 aliphatic carbocycles. The molecule has 2 aromatic heterocycles. The molecule has 0 atom stereocenters. The molecule has 0 spiro atoms. The predicted octanol–water partition coefficient (Wildman–Crippen LogP) is 10.8. The number of fused-ring (bicyclic) bond motifs is 6. The Hall–Kier alpha value is -6.62. The molecule has 4 nitrogen and oxygen atoms in total. The number of aromatic nitrogens is 2. The van der Waals surface area contributed by atoms with Crippen molar-refractivity contribution < 1.29 is 0 Å². The zero-order valence-electron chi connectivity index (χ0n) is 26.8. The molecule has 0 radical (unpaired) electrons. The monoisotopic (exact) mass is 626 g/mol. The average Bonchev–Trinajstić information content (AvgIpc) is 3.56. The van der Waals surface area contributed by atoms with Gasteiger partial charge in [0, 0.05) is 51.0 Å². The standard InChI is InChI=1S/C45H30N4/c46-28-30-10-9-19-45-40(26-30)38-14-4-8-18-44(38)49(45)41-15-5-1-11-35(41)32-20-21-33(29-47)39(27-32)31-22-24-34(25-23-31)48-42-16-6-2-12-36(42)37-13-3-7-17-43(37)48/h1-3,5-13,15-18,20-27H,4,14,19H2. The molecule has 2 aliphatic rings. The van der Waals surface area contributed by atoms with Crippen LogP contribution < -0.4 is 0 Å². The molecule has 0 amide bonds. The Morgan fingerprint density at radius 1 is 0.612 bits per heavy atom. The quantitative estimate of drug-likeness (QED) is 0.195. The van der Waals surface area contributed by atoms with E-state index in [1.165, 1.54) is 44.3 Å². The van der Waals surface area contributed by atoms with E-state index >= 15 is 0 Å². The molecule has 5 aromatic carbocycles. The number of nitrogens with zero attached hydrogens (tertiary/aromatic N) is 4. The van der Waals surface area contributed by atoms with Gasteiger partial charge in [-0.25, -0.2) is 0 Å². The van der Waals surface area contributed by atoms with Crippen LogP contribution in [0.5, 0.6) is 0 Å². The Kier molecular flexibility index (Phi) is 6.75. The van der Waals surface area contributed by atoms with E-state index in [0.717, 1.165) is 52.9 Å². The smallest absolute Gasteiger partial charge is 0.0998 e. The second kappa shape index (κ2) is 11.6. The van der Waals surface area contributed by atoms with Crippen molar-refractivity contribution in [3.8, 4) is 45.8 Å². The number of hydrogen-bond donors (Lipinski definition) is 0. The third-order valence-corrected chi connectivity index (χ3v) is 9.94. The van der Waals surface area contributed by atoms with Crippen LogP contribution in [0.4, 0.5) is 0 Å². The van der Waals surface area contributed by atoms with Gasteiger partial charge < -0.3 is 9.13 Å². The summed E-state index contributed by atoms with van der Waals surface area (Å²) in [6.45, 7) is 0. The van der Waals surface area contributed by atoms with Gasteiger partial charge in [-0.1, -0.05) is 84.9 Å². The molecule has 0 aliphatic heterocycles. The lowest BCUT2D eigenvalue weighted by Crippen LogP contribution is -2.05. The molecule has 2 heterocycles. The highest BCUT2D eigenvalue weighted by atomic mass is 15.0. The predicted molar refractivity (Wildman–Crippen MR) is 199 cm³/mol. The summed E-state index contributed by atoms with van der Waals surface area (Å²) in [6.07, 6.45) is 13.2. The van der Waals surface area contributed by atoms with Crippen LogP contribution in [-0.4, -0.2) is 9.13 Å². The van der Waals surface area contributed by atoms with Crippen LogP contribution in [0.2, 0.25) is 0 Å². The minimum absolute atomic E-state index is 0.639. The minimum Gasteiger partial charge on any atom is -0.312 e. The lowest BCUT2D eigenvalue weighted by atomic mass is 9.94. The summed E-state index contributed by atoms with van der Waals surface area (Å²) in [5.41, 5.74) is 14.7. The molecular formula is C45H30N4. The second-order valence-corrected chi connectivity index (χ2v) is 12.6. The number of rotatable bonds is 4. The van der Waals surface area contributed by atoms with Crippen LogP contribution in [0.1, 0.15) is 34.5 Å². The van der Waals surface area contributed by atoms with Gasteiger partial charge >= 0.3 is 0 Å². The van der Waals surface area contributed by atoms with Gasteiger partial charge in [0.05, 0.1) is 40.0 Å². The lowest BCUT2D eigenvalue weighted by Gasteiger charge is -2.18. The number of benzene rings is 5. The SMILES string of the molecule is N#CC1=Cc2c3c(n(-c4ccccc4-c4ccc(C#N)c(-c5ccc(-n6c7ccccc7c7ccccc76)cc5)c4)c2CC=C1)C=CCC3. The number of hydrogen-bond acceptors (Lipinski definition) is 2. The van der Waals surface area contributed by atoms with Crippen molar-refractivity contribution in [1.29, 1.82) is 10.5 Å². The minimum atomic E-state index is 0.639. The average molecular weight is 627 g/mol. The van der Waals surface area contributed by atoms with Gasteiger partial charge in [0.25, 0.3) is 0 Å². The Bertz CT molecular complexity index is 2590. The van der Waals surface area contributed by atoms with E-state index in [9.17, 15) is 10.5 Å². The Morgan fingerprint density at radius 2 is 1.33 bits per heavy atom. The first-order valence-corrected chi connectivity index (χ1v) is 16.7. The molecule has 230 valence electrons. The van der Waals surface area contributed by atoms with Crippen molar-refractivity contribution in [2.75, 3.05) is 0 Å². The van der Waals surface area contributed by atoms with E-state index in [4.69, 9.17) is 0 Å². The molecule has 4 heteroatoms. The summed E-state index contributed by atoms with van der Waals surface area (Å²) in [5, 5.41) is 22.4. The highest BCUT2D eigenvalue weighted by Crippen LogP contribution is 2.40. The molecule has 49 heavy (non-hydrogen) atoms. The summed E-state index contributed by atoms with van der Waals surface area (Å²) in [6, 6.07) is 45.1. The van der Waals surface area contributed by atoms with Crippen molar-refractivity contribution >= 4 is 34.0 Å². The molecule has 0 bridgehead atoms. The molecule has 0 unspecified atom stereocenters. The molecular weight excluding hydrogens is 597 g/mol. The number of para-hydroxylation sites is 3. The maximum Gasteiger partial charge on any atom is 0.0998 e. The van der Waals surface area contributed by atoms with E-state index in [0.29, 0.717) is 11.1 Å². The van der Waals surface area contributed by atoms with Crippen LogP contribution in [-0.2, 0) is 12.8 Å². The fourth-order valence-corrected chi connectivity index (χ4v) is 7.74. The van der Waals surface area contributed by atoms with E-state index in [-0.39, 0.29) is 0 Å². The second-order valence-electron chi connectivity index (χ2n) is 12.6. The van der Waals surface area contributed by atoms with Crippen molar-refractivity contribution in [2.45, 2.75) is 19.3 Å². The Balaban J connectivity index is 1.17. The van der Waals surface area contributed by atoms with Crippen LogP contribution in [0, 0.1) is 22.7 Å². The zero-order valence-corrected chi connectivity index (χ0v) is 26.8. The first kappa shape index (κ1) is 28.6. The fraction of sp³-hybridized carbons (Fsp3) is 0.0667. The molecule has 0 fully saturated rings. The van der Waals surface area contributed by atoms with E-state index in [1.807, 2.05) is 12.1 Å². The van der Waals surface area contributed by atoms with Crippen molar-refractivity contribution in [1.82, 2.24) is 9.13 Å². The fourth-order valence-electron chi connectivity index (χ4n) is 7.74. The Morgan fingerprint density at radius 3 is 2.08 bits per heavy atom. The van der Waals surface area contributed by atoms with Crippen molar-refractivity contribution in [2.24, 2.45) is 0 Å². The number of nitriles is 2. The van der Waals surface area contributed by atoms with Gasteiger partial charge in [-0.3, -0.25) is 0 Å². The normalized spacial score (nSPS) is 13.4. The van der Waals surface area contributed by atoms with E-state index < -0.39 is 0 Å². The van der Waals surface area contributed by atoms with Gasteiger partial charge in [-0.05, 0) is 90.2 Å². The van der Waals surface area contributed by atoms with Crippen LogP contribution in [0.25, 0.3) is 67.6 Å². The summed E-state index contributed by atoms with van der Waals surface area (Å²) in [4.78, 5) is 0. The summed E-state index contributed by atoms with van der Waals surface area (Å²) < 4.78 is 4.70. The molecule has 0 saturated carbocycles. The highest BCUT2D eigenvalue weighted by Gasteiger charge is 2.25. The first-order valence-electron chi connectivity index (χ1n) is 16.7. The van der Waals surface area contributed by atoms with Gasteiger partial charge in [-0.2, -0.15) is 10.5 Å².